The third-order valence-electron chi connectivity index (χ3n) is 3.79. The maximum Gasteiger partial charge on any atom is 0.348 e. The van der Waals surface area contributed by atoms with E-state index in [-0.39, 0.29) is 33.1 Å². The van der Waals surface area contributed by atoms with Crippen molar-refractivity contribution in [2.75, 3.05) is 14.2 Å². The van der Waals surface area contributed by atoms with Gasteiger partial charge in [0, 0.05) is 23.6 Å². The van der Waals surface area contributed by atoms with Crippen LogP contribution in [0.4, 0.5) is 0 Å². The zero-order valence-electron chi connectivity index (χ0n) is 13.2. The Hall–Kier alpha value is -3.22. The fourth-order valence-corrected chi connectivity index (χ4v) is 2.79. The fraction of sp³-hybridized carbons (Fsp3) is 0.176. The molecular formula is C17H14O7. The van der Waals surface area contributed by atoms with Crippen LogP contribution in [0.15, 0.2) is 27.4 Å². The molecule has 0 aliphatic heterocycles. The number of methoxy groups -OCH3 is 2. The average molecular weight is 330 g/mol. The number of ketones is 1. The Balaban J connectivity index is 2.73. The van der Waals surface area contributed by atoms with Crippen molar-refractivity contribution >= 4 is 27.5 Å². The van der Waals surface area contributed by atoms with Gasteiger partial charge in [-0.1, -0.05) is 0 Å². The number of benzene rings is 2. The molecule has 0 saturated heterocycles. The fourth-order valence-electron chi connectivity index (χ4n) is 2.79. The SMILES string of the molecule is COc1cc(OC)c2c(c1)oc(=O)c1c(O)cc(O)c(C(C)=O)c12. The highest BCUT2D eigenvalue weighted by Crippen LogP contribution is 2.41. The first-order valence-electron chi connectivity index (χ1n) is 6.97. The van der Waals surface area contributed by atoms with Crippen LogP contribution in [0.2, 0.25) is 0 Å². The monoisotopic (exact) mass is 330 g/mol. The molecule has 7 nitrogen and oxygen atoms in total. The molecule has 0 amide bonds. The molecule has 0 spiro atoms. The second-order valence-electron chi connectivity index (χ2n) is 5.19. The van der Waals surface area contributed by atoms with E-state index in [1.807, 2.05) is 0 Å². The van der Waals surface area contributed by atoms with Crippen LogP contribution >= 0.6 is 0 Å². The number of aromatic hydroxyl groups is 2. The van der Waals surface area contributed by atoms with Gasteiger partial charge in [0.2, 0.25) is 0 Å². The van der Waals surface area contributed by atoms with Crippen molar-refractivity contribution in [1.29, 1.82) is 0 Å². The van der Waals surface area contributed by atoms with Gasteiger partial charge in [-0.2, -0.15) is 0 Å². The molecule has 124 valence electrons. The molecule has 3 rings (SSSR count). The number of phenols is 2. The van der Waals surface area contributed by atoms with Crippen LogP contribution in [-0.2, 0) is 0 Å². The maximum absolute atomic E-state index is 12.3. The molecule has 1 heterocycles. The first-order chi connectivity index (χ1) is 11.4. The highest BCUT2D eigenvalue weighted by molar-refractivity contribution is 6.20. The predicted molar refractivity (Wildman–Crippen MR) is 86.4 cm³/mol. The summed E-state index contributed by atoms with van der Waals surface area (Å²) in [5, 5.41) is 20.3. The van der Waals surface area contributed by atoms with Crippen molar-refractivity contribution in [3.8, 4) is 23.0 Å². The van der Waals surface area contributed by atoms with E-state index in [9.17, 15) is 19.8 Å². The molecule has 0 bridgehead atoms. The lowest BCUT2D eigenvalue weighted by atomic mass is 9.97. The molecule has 0 aliphatic rings. The minimum absolute atomic E-state index is 0.0748. The average Bonchev–Trinajstić information content (AvgIpc) is 2.52. The first kappa shape index (κ1) is 15.7. The number of carbonyl (C=O) groups is 1. The third-order valence-corrected chi connectivity index (χ3v) is 3.79. The van der Waals surface area contributed by atoms with E-state index < -0.39 is 22.9 Å². The van der Waals surface area contributed by atoms with Crippen molar-refractivity contribution in [2.45, 2.75) is 6.92 Å². The van der Waals surface area contributed by atoms with Crippen molar-refractivity contribution in [2.24, 2.45) is 0 Å². The smallest absolute Gasteiger partial charge is 0.348 e. The molecule has 0 radical (unpaired) electrons. The second kappa shape index (κ2) is 5.45. The Morgan fingerprint density at radius 3 is 2.29 bits per heavy atom. The minimum atomic E-state index is -0.840. The minimum Gasteiger partial charge on any atom is -0.507 e. The van der Waals surface area contributed by atoms with Gasteiger partial charge in [0.05, 0.1) is 25.2 Å². The summed E-state index contributed by atoms with van der Waals surface area (Å²) < 4.78 is 15.7. The van der Waals surface area contributed by atoms with Gasteiger partial charge in [-0.15, -0.1) is 0 Å². The summed E-state index contributed by atoms with van der Waals surface area (Å²) in [5.41, 5.74) is -0.826. The molecule has 3 aromatic rings. The van der Waals surface area contributed by atoms with E-state index >= 15 is 0 Å². The Kier molecular flexibility index (Phi) is 3.56. The number of Topliss-reactive ketones (excluding diaryl/α,β-unsaturated/α-hetero) is 1. The molecule has 7 heteroatoms. The molecule has 0 atom stereocenters. The largest absolute Gasteiger partial charge is 0.507 e. The van der Waals surface area contributed by atoms with Crippen molar-refractivity contribution in [1.82, 2.24) is 0 Å². The lowest BCUT2D eigenvalue weighted by Crippen LogP contribution is -2.05. The Labute approximate surface area is 135 Å². The van der Waals surface area contributed by atoms with E-state index in [4.69, 9.17) is 13.9 Å². The zero-order valence-corrected chi connectivity index (χ0v) is 13.2. The van der Waals surface area contributed by atoms with Crippen molar-refractivity contribution < 1.29 is 28.9 Å². The van der Waals surface area contributed by atoms with Crippen LogP contribution in [0.5, 0.6) is 23.0 Å². The summed E-state index contributed by atoms with van der Waals surface area (Å²) in [6.45, 7) is 1.25. The van der Waals surface area contributed by atoms with Crippen LogP contribution in [0.25, 0.3) is 21.7 Å². The molecule has 0 aliphatic carbocycles. The van der Waals surface area contributed by atoms with Gasteiger partial charge < -0.3 is 24.1 Å². The summed E-state index contributed by atoms with van der Waals surface area (Å²) in [6, 6.07) is 3.95. The quantitative estimate of drug-likeness (QED) is 0.432. The number of fused-ring (bicyclic) bond motifs is 3. The normalized spacial score (nSPS) is 11.0. The lowest BCUT2D eigenvalue weighted by molar-refractivity contribution is 0.101. The number of phenolic OH excluding ortho intramolecular Hbond substituents is 2. The van der Waals surface area contributed by atoms with Gasteiger partial charge in [-0.05, 0) is 6.92 Å². The van der Waals surface area contributed by atoms with Crippen LogP contribution in [0.1, 0.15) is 17.3 Å². The highest BCUT2D eigenvalue weighted by atomic mass is 16.5. The van der Waals surface area contributed by atoms with Crippen LogP contribution < -0.4 is 15.1 Å². The third kappa shape index (κ3) is 2.13. The molecule has 1 aromatic heterocycles. The van der Waals surface area contributed by atoms with Gasteiger partial charge in [0.1, 0.15) is 34.0 Å². The van der Waals surface area contributed by atoms with E-state index in [1.54, 1.807) is 6.07 Å². The Bertz CT molecular complexity index is 1050. The van der Waals surface area contributed by atoms with Gasteiger partial charge in [0.15, 0.2) is 5.78 Å². The zero-order chi connectivity index (χ0) is 17.6. The highest BCUT2D eigenvalue weighted by Gasteiger charge is 2.23. The topological polar surface area (TPSA) is 106 Å². The number of hydrogen-bond acceptors (Lipinski definition) is 7. The summed E-state index contributed by atoms with van der Waals surface area (Å²) in [5.74, 6) is -0.734. The number of carbonyl (C=O) groups excluding carboxylic acids is 1. The summed E-state index contributed by atoms with van der Waals surface area (Å²) in [4.78, 5) is 24.3. The molecule has 2 N–H and O–H groups in total. The molecule has 0 saturated carbocycles. The Morgan fingerprint density at radius 1 is 1.00 bits per heavy atom. The van der Waals surface area contributed by atoms with Gasteiger partial charge in [0.25, 0.3) is 0 Å². The van der Waals surface area contributed by atoms with Gasteiger partial charge in [-0.3, -0.25) is 4.79 Å². The maximum atomic E-state index is 12.3. The molecule has 24 heavy (non-hydrogen) atoms. The molecule has 2 aromatic carbocycles. The van der Waals surface area contributed by atoms with E-state index in [1.165, 1.54) is 27.2 Å². The molecule has 0 unspecified atom stereocenters. The van der Waals surface area contributed by atoms with E-state index in [0.717, 1.165) is 6.07 Å². The summed E-state index contributed by atoms with van der Waals surface area (Å²) in [6.07, 6.45) is 0. The number of rotatable bonds is 3. The van der Waals surface area contributed by atoms with Gasteiger partial charge >= 0.3 is 5.63 Å². The second-order valence-corrected chi connectivity index (χ2v) is 5.19. The number of hydrogen-bond donors (Lipinski definition) is 2. The van der Waals surface area contributed by atoms with Crippen LogP contribution in [0, 0.1) is 0 Å². The Morgan fingerprint density at radius 2 is 1.71 bits per heavy atom. The van der Waals surface area contributed by atoms with E-state index in [2.05, 4.69) is 0 Å². The standard InChI is InChI=1S/C17H14O7/c1-7(18)13-9(19)6-10(20)14-16(13)15-11(23-3)4-8(22-2)5-12(15)24-17(14)21/h4-6,19-20H,1-3H3. The van der Waals surface area contributed by atoms with Crippen LogP contribution in [0.3, 0.4) is 0 Å². The van der Waals surface area contributed by atoms with Gasteiger partial charge in [-0.25, -0.2) is 4.79 Å². The number of ether oxygens (including phenoxy) is 2. The lowest BCUT2D eigenvalue weighted by Gasteiger charge is -2.13. The van der Waals surface area contributed by atoms with Crippen molar-refractivity contribution in [3.05, 3.63) is 34.2 Å². The summed E-state index contributed by atoms with van der Waals surface area (Å²) in [7, 11) is 2.85. The first-order valence-corrected chi connectivity index (χ1v) is 6.97. The van der Waals surface area contributed by atoms with Crippen LogP contribution in [-0.4, -0.2) is 30.2 Å². The molecular weight excluding hydrogens is 316 g/mol. The van der Waals surface area contributed by atoms with E-state index in [0.29, 0.717) is 5.75 Å². The molecule has 0 fully saturated rings. The van der Waals surface area contributed by atoms with Crippen molar-refractivity contribution in [3.63, 3.8) is 0 Å². The summed E-state index contributed by atoms with van der Waals surface area (Å²) >= 11 is 0. The predicted octanol–water partition coefficient (Wildman–Crippen LogP) is 2.58.